The summed E-state index contributed by atoms with van der Waals surface area (Å²) < 4.78 is 7.30. The van der Waals surface area contributed by atoms with Crippen molar-refractivity contribution in [1.29, 1.82) is 0 Å². The molecule has 1 amide bonds. The Balaban J connectivity index is 1.62. The third-order valence-electron chi connectivity index (χ3n) is 5.24. The minimum atomic E-state index is -0.144. The van der Waals surface area contributed by atoms with Gasteiger partial charge in [0.15, 0.2) is 0 Å². The molecule has 2 aliphatic carbocycles. The summed E-state index contributed by atoms with van der Waals surface area (Å²) in [6.45, 7) is 2.84. The number of nitrogens with zero attached hydrogens (tertiary/aromatic N) is 1. The van der Waals surface area contributed by atoms with Crippen LogP contribution in [0.4, 0.5) is 0 Å². The van der Waals surface area contributed by atoms with Crippen LogP contribution in [-0.2, 0) is 16.1 Å². The third-order valence-corrected chi connectivity index (χ3v) is 5.24. The van der Waals surface area contributed by atoms with Crippen LogP contribution in [-0.4, -0.2) is 29.2 Å². The highest BCUT2D eigenvalue weighted by Crippen LogP contribution is 2.54. The van der Waals surface area contributed by atoms with Gasteiger partial charge in [0.05, 0.1) is 6.10 Å². The zero-order valence-electron chi connectivity index (χ0n) is 13.1. The van der Waals surface area contributed by atoms with Gasteiger partial charge in [-0.15, -0.1) is 0 Å². The number of carbonyl (C=O) groups is 1. The molecule has 120 valence electrons. The van der Waals surface area contributed by atoms with Gasteiger partial charge in [-0.1, -0.05) is 18.9 Å². The van der Waals surface area contributed by atoms with Gasteiger partial charge < -0.3 is 14.6 Å². The average molecular weight is 304 g/mol. The summed E-state index contributed by atoms with van der Waals surface area (Å²) in [5.74, 6) is -0.0838. The molecule has 1 aromatic heterocycles. The van der Waals surface area contributed by atoms with Gasteiger partial charge in [-0.25, -0.2) is 0 Å². The van der Waals surface area contributed by atoms with Crippen molar-refractivity contribution >= 4 is 5.91 Å². The number of ether oxygens (including phenoxy) is 1. The molecule has 1 aromatic rings. The predicted molar refractivity (Wildman–Crippen MR) is 83.6 cm³/mol. The minimum Gasteiger partial charge on any atom is -0.378 e. The molecule has 2 fully saturated rings. The normalized spacial score (nSPS) is 25.9. The Labute approximate surface area is 130 Å². The molecule has 3 rings (SSSR count). The van der Waals surface area contributed by atoms with E-state index in [1.165, 1.54) is 23.5 Å². The number of hydrogen-bond acceptors (Lipinski definition) is 3. The highest BCUT2D eigenvalue weighted by atomic mass is 16.5. The first-order valence-corrected chi connectivity index (χ1v) is 8.22. The van der Waals surface area contributed by atoms with Crippen molar-refractivity contribution in [1.82, 2.24) is 9.88 Å². The molecule has 1 heterocycles. The predicted octanol–water partition coefficient (Wildman–Crippen LogP) is 1.70. The monoisotopic (exact) mass is 304 g/mol. The lowest BCUT2D eigenvalue weighted by Gasteiger charge is -2.54. The molecule has 5 heteroatoms. The first-order valence-electron chi connectivity index (χ1n) is 8.22. The Morgan fingerprint density at radius 1 is 1.41 bits per heavy atom. The van der Waals surface area contributed by atoms with Gasteiger partial charge in [0.2, 0.25) is 5.91 Å². The SMILES string of the molecule is CCO[C@H]1C[C@H](NC(=O)Cn2ccccc2=O)C12CCCC2. The van der Waals surface area contributed by atoms with Crippen LogP contribution in [0.5, 0.6) is 0 Å². The number of aromatic nitrogens is 1. The van der Waals surface area contributed by atoms with Crippen molar-refractivity contribution in [2.45, 2.75) is 57.7 Å². The van der Waals surface area contributed by atoms with Crippen LogP contribution in [0.2, 0.25) is 0 Å². The molecule has 0 saturated heterocycles. The zero-order chi connectivity index (χ0) is 15.6. The standard InChI is InChI=1S/C17H24N2O3/c1-2-22-14-11-13(17(14)8-4-5-9-17)18-15(20)12-19-10-6-3-7-16(19)21/h3,6-7,10,13-14H,2,4-5,8-9,11-12H2,1H3,(H,18,20)/t13-,14-/m0/s1. The van der Waals surface area contributed by atoms with Gasteiger partial charge in [0.25, 0.3) is 5.56 Å². The van der Waals surface area contributed by atoms with Crippen LogP contribution < -0.4 is 10.9 Å². The molecular formula is C17H24N2O3. The summed E-state index contributed by atoms with van der Waals surface area (Å²) in [6, 6.07) is 5.11. The van der Waals surface area contributed by atoms with E-state index in [2.05, 4.69) is 5.32 Å². The van der Waals surface area contributed by atoms with Crippen LogP contribution in [0, 0.1) is 5.41 Å². The second kappa shape index (κ2) is 6.24. The molecule has 2 aliphatic rings. The van der Waals surface area contributed by atoms with Gasteiger partial charge in [0.1, 0.15) is 6.54 Å². The number of amides is 1. The van der Waals surface area contributed by atoms with Gasteiger partial charge in [-0.2, -0.15) is 0 Å². The van der Waals surface area contributed by atoms with Crippen LogP contribution in [0.1, 0.15) is 39.0 Å². The van der Waals surface area contributed by atoms with Gasteiger partial charge in [0, 0.05) is 30.3 Å². The summed E-state index contributed by atoms with van der Waals surface area (Å²) in [5.41, 5.74) is -0.0122. The summed E-state index contributed by atoms with van der Waals surface area (Å²) in [4.78, 5) is 23.9. The largest absolute Gasteiger partial charge is 0.378 e. The van der Waals surface area contributed by atoms with Crippen molar-refractivity contribution in [2.75, 3.05) is 6.61 Å². The summed E-state index contributed by atoms with van der Waals surface area (Å²) in [6.07, 6.45) is 7.52. The number of rotatable bonds is 5. The van der Waals surface area contributed by atoms with Gasteiger partial charge in [-0.3, -0.25) is 9.59 Å². The molecule has 0 bridgehead atoms. The maximum absolute atomic E-state index is 12.3. The van der Waals surface area contributed by atoms with Crippen LogP contribution in [0.15, 0.2) is 29.2 Å². The van der Waals surface area contributed by atoms with E-state index in [0.29, 0.717) is 0 Å². The fourth-order valence-corrected chi connectivity index (χ4v) is 4.07. The Bertz CT molecular complexity index is 590. The van der Waals surface area contributed by atoms with Gasteiger partial charge >= 0.3 is 0 Å². The Kier molecular flexibility index (Phi) is 4.34. The highest BCUT2D eigenvalue weighted by Gasteiger charge is 2.57. The zero-order valence-corrected chi connectivity index (χ0v) is 13.1. The van der Waals surface area contributed by atoms with E-state index in [0.717, 1.165) is 25.9 Å². The topological polar surface area (TPSA) is 60.3 Å². The van der Waals surface area contributed by atoms with Crippen molar-refractivity contribution in [3.05, 3.63) is 34.7 Å². The molecule has 5 nitrogen and oxygen atoms in total. The second-order valence-corrected chi connectivity index (χ2v) is 6.41. The molecule has 1 N–H and O–H groups in total. The van der Waals surface area contributed by atoms with E-state index in [1.54, 1.807) is 18.3 Å². The molecule has 0 aromatic carbocycles. The van der Waals surface area contributed by atoms with Crippen molar-refractivity contribution in [3.8, 4) is 0 Å². The molecule has 2 saturated carbocycles. The number of pyridine rings is 1. The molecule has 0 radical (unpaired) electrons. The number of nitrogens with one attached hydrogen (secondary N) is 1. The fraction of sp³-hybridized carbons (Fsp3) is 0.647. The lowest BCUT2D eigenvalue weighted by atomic mass is 9.60. The number of carbonyl (C=O) groups excluding carboxylic acids is 1. The Morgan fingerprint density at radius 2 is 2.18 bits per heavy atom. The molecule has 0 aliphatic heterocycles. The van der Waals surface area contributed by atoms with E-state index < -0.39 is 0 Å². The molecule has 22 heavy (non-hydrogen) atoms. The summed E-state index contributed by atoms with van der Waals surface area (Å²) in [7, 11) is 0. The lowest BCUT2D eigenvalue weighted by molar-refractivity contribution is -0.144. The van der Waals surface area contributed by atoms with E-state index in [1.807, 2.05) is 6.92 Å². The summed E-state index contributed by atoms with van der Waals surface area (Å²) >= 11 is 0. The Morgan fingerprint density at radius 3 is 2.86 bits per heavy atom. The van der Waals surface area contributed by atoms with E-state index in [9.17, 15) is 9.59 Å². The molecule has 2 atom stereocenters. The maximum atomic E-state index is 12.3. The average Bonchev–Trinajstić information content (AvgIpc) is 3.01. The molecular weight excluding hydrogens is 280 g/mol. The fourth-order valence-electron chi connectivity index (χ4n) is 4.07. The maximum Gasteiger partial charge on any atom is 0.250 e. The number of hydrogen-bond donors (Lipinski definition) is 1. The van der Waals surface area contributed by atoms with Crippen LogP contribution in [0.25, 0.3) is 0 Å². The summed E-state index contributed by atoms with van der Waals surface area (Å²) in [5, 5.41) is 3.13. The molecule has 0 unspecified atom stereocenters. The second-order valence-electron chi connectivity index (χ2n) is 6.41. The highest BCUT2D eigenvalue weighted by molar-refractivity contribution is 5.76. The van der Waals surface area contributed by atoms with Crippen LogP contribution >= 0.6 is 0 Å². The van der Waals surface area contributed by atoms with E-state index in [4.69, 9.17) is 4.74 Å². The van der Waals surface area contributed by atoms with Crippen molar-refractivity contribution < 1.29 is 9.53 Å². The van der Waals surface area contributed by atoms with E-state index in [-0.39, 0.29) is 35.6 Å². The first-order chi connectivity index (χ1) is 10.7. The first kappa shape index (κ1) is 15.3. The smallest absolute Gasteiger partial charge is 0.250 e. The van der Waals surface area contributed by atoms with Crippen molar-refractivity contribution in [2.24, 2.45) is 5.41 Å². The van der Waals surface area contributed by atoms with Crippen LogP contribution in [0.3, 0.4) is 0 Å². The molecule has 1 spiro atoms. The van der Waals surface area contributed by atoms with Crippen molar-refractivity contribution in [3.63, 3.8) is 0 Å². The lowest BCUT2D eigenvalue weighted by Crippen LogP contribution is -2.64. The third kappa shape index (κ3) is 2.70. The minimum absolute atomic E-state index is 0.0838. The van der Waals surface area contributed by atoms with Gasteiger partial charge in [-0.05, 0) is 32.3 Å². The van der Waals surface area contributed by atoms with E-state index >= 15 is 0 Å². The quantitative estimate of drug-likeness (QED) is 0.901. The Hall–Kier alpha value is -1.62.